The van der Waals surface area contributed by atoms with E-state index in [1.54, 1.807) is 0 Å². The van der Waals surface area contributed by atoms with Crippen molar-refractivity contribution in [1.82, 2.24) is 23.9 Å². The van der Waals surface area contributed by atoms with E-state index in [-0.39, 0.29) is 17.6 Å². The van der Waals surface area contributed by atoms with Gasteiger partial charge in [-0.25, -0.2) is 4.98 Å². The zero-order valence-electron chi connectivity index (χ0n) is 12.1. The van der Waals surface area contributed by atoms with Crippen LogP contribution in [-0.4, -0.2) is 66.1 Å². The molecule has 0 unspecified atom stereocenters. The van der Waals surface area contributed by atoms with Gasteiger partial charge in [0.05, 0.1) is 6.20 Å². The molecule has 0 atom stereocenters. The van der Waals surface area contributed by atoms with Gasteiger partial charge in [0.25, 0.3) is 16.1 Å². The summed E-state index contributed by atoms with van der Waals surface area (Å²) >= 11 is 0. The van der Waals surface area contributed by atoms with Gasteiger partial charge in [-0.2, -0.15) is 17.0 Å². The number of carbonyl (C=O) groups is 1. The Balaban J connectivity index is 1.89. The molecule has 1 amide bonds. The predicted octanol–water partition coefficient (Wildman–Crippen LogP) is -0.523. The van der Waals surface area contributed by atoms with Crippen molar-refractivity contribution in [3.8, 4) is 0 Å². The summed E-state index contributed by atoms with van der Waals surface area (Å²) in [6.07, 6.45) is 5.53. The van der Waals surface area contributed by atoms with Gasteiger partial charge < -0.3 is 5.32 Å². The van der Waals surface area contributed by atoms with Crippen molar-refractivity contribution in [2.24, 2.45) is 0 Å². The van der Waals surface area contributed by atoms with E-state index in [1.807, 2.05) is 0 Å². The monoisotopic (exact) mass is 313 g/mol. The van der Waals surface area contributed by atoms with Crippen LogP contribution >= 0.6 is 0 Å². The Morgan fingerprint density at radius 2 is 2.00 bits per heavy atom. The van der Waals surface area contributed by atoms with E-state index < -0.39 is 10.2 Å². The van der Waals surface area contributed by atoms with E-state index >= 15 is 0 Å². The van der Waals surface area contributed by atoms with Crippen LogP contribution in [0.3, 0.4) is 0 Å². The molecule has 1 fully saturated rings. The number of rotatable bonds is 4. The van der Waals surface area contributed by atoms with Gasteiger partial charge in [0.15, 0.2) is 0 Å². The van der Waals surface area contributed by atoms with Crippen LogP contribution in [0.4, 0.5) is 0 Å². The average molecular weight is 313 g/mol. The van der Waals surface area contributed by atoms with E-state index in [2.05, 4.69) is 15.3 Å². The number of aromatic nitrogens is 2. The Bertz CT molecular complexity index is 582. The Kier molecular flexibility index (Phi) is 4.86. The molecule has 1 aromatic rings. The molecule has 8 nitrogen and oxygen atoms in total. The largest absolute Gasteiger partial charge is 0.348 e. The first-order valence-corrected chi connectivity index (χ1v) is 8.05. The number of hydrogen-bond donors (Lipinski definition) is 1. The molecule has 1 aliphatic heterocycles. The van der Waals surface area contributed by atoms with Crippen molar-refractivity contribution in [2.45, 2.75) is 18.9 Å². The van der Waals surface area contributed by atoms with Crippen LogP contribution in [0, 0.1) is 0 Å². The maximum absolute atomic E-state index is 12.0. The number of nitrogens with one attached hydrogen (secondary N) is 1. The highest BCUT2D eigenvalue weighted by atomic mass is 32.2. The third-order valence-electron chi connectivity index (χ3n) is 3.37. The fourth-order valence-electron chi connectivity index (χ4n) is 2.14. The Morgan fingerprint density at radius 3 is 2.52 bits per heavy atom. The topological polar surface area (TPSA) is 95.5 Å². The van der Waals surface area contributed by atoms with Crippen molar-refractivity contribution < 1.29 is 13.2 Å². The van der Waals surface area contributed by atoms with Crippen LogP contribution in [0.2, 0.25) is 0 Å². The van der Waals surface area contributed by atoms with Gasteiger partial charge in [-0.05, 0) is 12.8 Å². The minimum Gasteiger partial charge on any atom is -0.348 e. The molecule has 0 bridgehead atoms. The fraction of sp³-hybridized carbons (Fsp3) is 0.583. The summed E-state index contributed by atoms with van der Waals surface area (Å²) < 4.78 is 26.6. The minimum atomic E-state index is -3.37. The smallest absolute Gasteiger partial charge is 0.281 e. The highest BCUT2D eigenvalue weighted by Gasteiger charge is 2.30. The lowest BCUT2D eigenvalue weighted by Crippen LogP contribution is -2.49. The predicted molar refractivity (Wildman–Crippen MR) is 76.7 cm³/mol. The van der Waals surface area contributed by atoms with Crippen molar-refractivity contribution in [2.75, 3.05) is 27.2 Å². The molecule has 21 heavy (non-hydrogen) atoms. The summed E-state index contributed by atoms with van der Waals surface area (Å²) in [5.41, 5.74) is 0.265. The normalized spacial score (nSPS) is 17.9. The first-order valence-electron chi connectivity index (χ1n) is 6.65. The molecule has 0 aromatic carbocycles. The molecule has 1 aliphatic rings. The third-order valence-corrected chi connectivity index (χ3v) is 5.31. The van der Waals surface area contributed by atoms with Gasteiger partial charge in [0.2, 0.25) is 0 Å². The van der Waals surface area contributed by atoms with E-state index in [0.29, 0.717) is 25.9 Å². The lowest BCUT2D eigenvalue weighted by atomic mass is 10.1. The fourth-order valence-corrected chi connectivity index (χ4v) is 3.27. The molecule has 0 aliphatic carbocycles. The summed E-state index contributed by atoms with van der Waals surface area (Å²) in [6.45, 7) is 0.790. The lowest BCUT2D eigenvalue weighted by molar-refractivity contribution is 0.0918. The van der Waals surface area contributed by atoms with Crippen LogP contribution in [0.15, 0.2) is 18.6 Å². The molecule has 116 valence electrons. The maximum atomic E-state index is 12.0. The molecular weight excluding hydrogens is 294 g/mol. The summed E-state index contributed by atoms with van der Waals surface area (Å²) in [7, 11) is -0.350. The second-order valence-corrected chi connectivity index (χ2v) is 7.17. The van der Waals surface area contributed by atoms with Gasteiger partial charge in [0, 0.05) is 45.6 Å². The molecule has 0 radical (unpaired) electrons. The first-order chi connectivity index (χ1) is 9.91. The molecule has 2 rings (SSSR count). The molecule has 2 heterocycles. The maximum Gasteiger partial charge on any atom is 0.281 e. The second-order valence-electron chi connectivity index (χ2n) is 5.03. The van der Waals surface area contributed by atoms with Gasteiger partial charge in [-0.15, -0.1) is 0 Å². The van der Waals surface area contributed by atoms with Crippen LogP contribution in [0.1, 0.15) is 23.3 Å². The van der Waals surface area contributed by atoms with E-state index in [0.717, 1.165) is 0 Å². The number of hydrogen-bond acceptors (Lipinski definition) is 5. The highest BCUT2D eigenvalue weighted by Crippen LogP contribution is 2.15. The average Bonchev–Trinajstić information content (AvgIpc) is 2.48. The minimum absolute atomic E-state index is 0.0480. The SMILES string of the molecule is CN(C)S(=O)(=O)N1CCC(NC(=O)c2cnccn2)CC1. The molecule has 0 spiro atoms. The van der Waals surface area contributed by atoms with Gasteiger partial charge in [-0.1, -0.05) is 0 Å². The lowest BCUT2D eigenvalue weighted by Gasteiger charge is -2.32. The number of amides is 1. The van der Waals surface area contributed by atoms with Gasteiger partial charge >= 0.3 is 0 Å². The summed E-state index contributed by atoms with van der Waals surface area (Å²) in [5, 5.41) is 2.86. The number of piperidine rings is 1. The van der Waals surface area contributed by atoms with Crippen LogP contribution in [-0.2, 0) is 10.2 Å². The number of carbonyl (C=O) groups excluding carboxylic acids is 1. The highest BCUT2D eigenvalue weighted by molar-refractivity contribution is 7.86. The van der Waals surface area contributed by atoms with Crippen molar-refractivity contribution in [3.63, 3.8) is 0 Å². The summed E-state index contributed by atoms with van der Waals surface area (Å²) in [4.78, 5) is 19.7. The van der Waals surface area contributed by atoms with Crippen molar-refractivity contribution in [1.29, 1.82) is 0 Å². The Morgan fingerprint density at radius 1 is 1.33 bits per heavy atom. The zero-order valence-corrected chi connectivity index (χ0v) is 12.9. The van der Waals surface area contributed by atoms with E-state index in [4.69, 9.17) is 0 Å². The van der Waals surface area contributed by atoms with Gasteiger partial charge in [-0.3, -0.25) is 9.78 Å². The third kappa shape index (κ3) is 3.74. The molecule has 0 saturated carbocycles. The summed E-state index contributed by atoms with van der Waals surface area (Å²) in [6, 6.07) is -0.0480. The molecule has 1 aromatic heterocycles. The molecular formula is C12H19N5O3S. The van der Waals surface area contributed by atoms with Crippen molar-refractivity contribution in [3.05, 3.63) is 24.3 Å². The van der Waals surface area contributed by atoms with Gasteiger partial charge in [0.1, 0.15) is 5.69 Å². The number of nitrogens with zero attached hydrogens (tertiary/aromatic N) is 4. The molecule has 9 heteroatoms. The second kappa shape index (κ2) is 6.46. The molecule has 1 N–H and O–H groups in total. The summed E-state index contributed by atoms with van der Waals surface area (Å²) in [5.74, 6) is -0.281. The van der Waals surface area contributed by atoms with Crippen molar-refractivity contribution >= 4 is 16.1 Å². The Labute approximate surface area is 124 Å². The van der Waals surface area contributed by atoms with E-state index in [9.17, 15) is 13.2 Å². The quantitative estimate of drug-likeness (QED) is 0.807. The van der Waals surface area contributed by atoms with Crippen LogP contribution in [0.5, 0.6) is 0 Å². The van der Waals surface area contributed by atoms with Crippen LogP contribution < -0.4 is 5.32 Å². The van der Waals surface area contributed by atoms with Crippen LogP contribution in [0.25, 0.3) is 0 Å². The zero-order chi connectivity index (χ0) is 15.5. The first kappa shape index (κ1) is 15.8. The molecule has 1 saturated heterocycles. The Hall–Kier alpha value is -1.58. The standard InChI is InChI=1S/C12H19N5O3S/c1-16(2)21(19,20)17-7-3-10(4-8-17)15-12(18)11-9-13-5-6-14-11/h5-6,9-10H,3-4,7-8H2,1-2H3,(H,15,18). The van der Waals surface area contributed by atoms with E-state index in [1.165, 1.54) is 41.3 Å².